The summed E-state index contributed by atoms with van der Waals surface area (Å²) in [6.07, 6.45) is -1.40. The number of hydrogen-bond donors (Lipinski definition) is 1. The van der Waals surface area contributed by atoms with E-state index < -0.39 is 17.6 Å². The van der Waals surface area contributed by atoms with Gasteiger partial charge in [-0.15, -0.1) is 0 Å². The summed E-state index contributed by atoms with van der Waals surface area (Å²) >= 11 is 0. The minimum atomic E-state index is -4.80. The molecule has 2 aromatic rings. The van der Waals surface area contributed by atoms with Crippen LogP contribution >= 0.6 is 0 Å². The van der Waals surface area contributed by atoms with E-state index in [1.54, 1.807) is 4.90 Å². The molecule has 2 saturated heterocycles. The van der Waals surface area contributed by atoms with E-state index in [1.807, 2.05) is 0 Å². The lowest BCUT2D eigenvalue weighted by atomic mass is 10.1. The molecule has 0 radical (unpaired) electrons. The lowest BCUT2D eigenvalue weighted by Gasteiger charge is -2.31. The SMILES string of the molecule is CN1CCC[C@H]1COc1nc2c(c(N3CCNCC3)n1)CCCN(c1cccc(F)c1C(F)(F)F)C2. The number of nitrogens with zero attached hydrogens (tertiary/aromatic N) is 5. The molecule has 196 valence electrons. The maximum atomic E-state index is 14.3. The number of likely N-dealkylation sites (tertiary alicyclic amines) is 1. The molecule has 2 fully saturated rings. The third kappa shape index (κ3) is 5.22. The molecule has 0 saturated carbocycles. The Kier molecular flexibility index (Phi) is 7.21. The number of alkyl halides is 3. The summed E-state index contributed by atoms with van der Waals surface area (Å²) < 4.78 is 61.8. The van der Waals surface area contributed by atoms with Gasteiger partial charge in [0.15, 0.2) is 0 Å². The summed E-state index contributed by atoms with van der Waals surface area (Å²) in [4.78, 5) is 15.5. The molecule has 5 rings (SSSR count). The Labute approximate surface area is 208 Å². The standard InChI is InChI=1S/C25H32F4N6O/c1-33-11-3-5-17(33)16-36-24-31-20-15-35(21-8-2-7-19(26)22(21)25(27,28)29)12-4-6-18(20)23(32-24)34-13-9-30-10-14-34/h2,7-8,17,30H,3-6,9-16H2,1H3/t17-/m0/s1. The largest absolute Gasteiger partial charge is 0.462 e. The van der Waals surface area contributed by atoms with Crippen molar-refractivity contribution in [3.05, 3.63) is 40.8 Å². The molecular weight excluding hydrogens is 476 g/mol. The highest BCUT2D eigenvalue weighted by Gasteiger charge is 2.39. The van der Waals surface area contributed by atoms with Crippen LogP contribution in [-0.4, -0.2) is 73.8 Å². The Balaban J connectivity index is 1.50. The highest BCUT2D eigenvalue weighted by molar-refractivity contribution is 5.58. The van der Waals surface area contributed by atoms with Crippen LogP contribution in [0.1, 0.15) is 36.1 Å². The van der Waals surface area contributed by atoms with Crippen LogP contribution in [0.2, 0.25) is 0 Å². The van der Waals surface area contributed by atoms with Crippen molar-refractivity contribution in [3.8, 4) is 6.01 Å². The van der Waals surface area contributed by atoms with Crippen LogP contribution in [-0.2, 0) is 19.1 Å². The van der Waals surface area contributed by atoms with E-state index >= 15 is 0 Å². The zero-order valence-electron chi connectivity index (χ0n) is 20.5. The Hall–Kier alpha value is -2.66. The van der Waals surface area contributed by atoms with E-state index in [9.17, 15) is 17.6 Å². The van der Waals surface area contributed by atoms with Crippen LogP contribution in [0.3, 0.4) is 0 Å². The second-order valence-corrected chi connectivity index (χ2v) is 9.74. The van der Waals surface area contributed by atoms with Gasteiger partial charge in [-0.3, -0.25) is 0 Å². The van der Waals surface area contributed by atoms with Crippen LogP contribution in [0.5, 0.6) is 6.01 Å². The average molecular weight is 509 g/mol. The second kappa shape index (κ2) is 10.4. The summed E-state index contributed by atoms with van der Waals surface area (Å²) in [7, 11) is 2.07. The number of ether oxygens (including phenoxy) is 1. The van der Waals surface area contributed by atoms with E-state index in [1.165, 1.54) is 12.1 Å². The first-order valence-corrected chi connectivity index (χ1v) is 12.6. The fraction of sp³-hybridized carbons (Fsp3) is 0.600. The Morgan fingerprint density at radius 3 is 2.58 bits per heavy atom. The van der Waals surface area contributed by atoms with Gasteiger partial charge in [-0.05, 0) is 51.4 Å². The van der Waals surface area contributed by atoms with Crippen LogP contribution in [0.25, 0.3) is 0 Å². The zero-order chi connectivity index (χ0) is 25.3. The number of likely N-dealkylation sites (N-methyl/N-ethyl adjacent to an activating group) is 1. The van der Waals surface area contributed by atoms with Gasteiger partial charge in [0.2, 0.25) is 0 Å². The van der Waals surface area contributed by atoms with Crippen molar-refractivity contribution in [2.24, 2.45) is 0 Å². The van der Waals surface area contributed by atoms with Crippen LogP contribution < -0.4 is 19.9 Å². The molecular formula is C25H32F4N6O. The highest BCUT2D eigenvalue weighted by atomic mass is 19.4. The number of halogens is 4. The van der Waals surface area contributed by atoms with Crippen LogP contribution in [0.4, 0.5) is 29.1 Å². The fourth-order valence-electron chi connectivity index (χ4n) is 5.41. The normalized spacial score (nSPS) is 21.4. The lowest BCUT2D eigenvalue weighted by Crippen LogP contribution is -2.44. The highest BCUT2D eigenvalue weighted by Crippen LogP contribution is 2.40. The molecule has 36 heavy (non-hydrogen) atoms. The van der Waals surface area contributed by atoms with Gasteiger partial charge in [-0.1, -0.05) is 6.07 Å². The summed E-state index contributed by atoms with van der Waals surface area (Å²) in [5, 5.41) is 3.34. The fourth-order valence-corrected chi connectivity index (χ4v) is 5.41. The summed E-state index contributed by atoms with van der Waals surface area (Å²) in [6.45, 7) is 5.17. The smallest absolute Gasteiger partial charge is 0.421 e. The van der Waals surface area contributed by atoms with Crippen molar-refractivity contribution in [2.45, 2.75) is 44.4 Å². The van der Waals surface area contributed by atoms with Crippen molar-refractivity contribution in [2.75, 3.05) is 62.7 Å². The number of benzene rings is 1. The third-order valence-electron chi connectivity index (χ3n) is 7.35. The third-order valence-corrected chi connectivity index (χ3v) is 7.35. The van der Waals surface area contributed by atoms with Crippen molar-refractivity contribution in [3.63, 3.8) is 0 Å². The zero-order valence-corrected chi connectivity index (χ0v) is 20.5. The van der Waals surface area contributed by atoms with E-state index in [4.69, 9.17) is 14.7 Å². The quantitative estimate of drug-likeness (QED) is 0.621. The maximum absolute atomic E-state index is 14.3. The molecule has 1 aromatic heterocycles. The van der Waals surface area contributed by atoms with Crippen molar-refractivity contribution >= 4 is 11.5 Å². The number of anilines is 2. The molecule has 0 spiro atoms. The average Bonchev–Trinajstić information content (AvgIpc) is 3.14. The summed E-state index contributed by atoms with van der Waals surface area (Å²) in [6, 6.07) is 4.05. The molecule has 0 aliphatic carbocycles. The van der Waals surface area contributed by atoms with Gasteiger partial charge >= 0.3 is 12.2 Å². The van der Waals surface area contributed by atoms with Gasteiger partial charge in [0.1, 0.15) is 23.8 Å². The first-order valence-electron chi connectivity index (χ1n) is 12.6. The van der Waals surface area contributed by atoms with Crippen molar-refractivity contribution in [1.82, 2.24) is 20.2 Å². The molecule has 0 amide bonds. The first kappa shape index (κ1) is 25.0. The molecule has 1 N–H and O–H groups in total. The number of nitrogens with one attached hydrogen (secondary N) is 1. The predicted molar refractivity (Wildman–Crippen MR) is 129 cm³/mol. The molecule has 7 nitrogen and oxygen atoms in total. The topological polar surface area (TPSA) is 56.8 Å². The minimum absolute atomic E-state index is 0.128. The lowest BCUT2D eigenvalue weighted by molar-refractivity contribution is -0.139. The molecule has 0 bridgehead atoms. The maximum Gasteiger partial charge on any atom is 0.421 e. The Morgan fingerprint density at radius 2 is 1.86 bits per heavy atom. The number of fused-ring (bicyclic) bond motifs is 1. The van der Waals surface area contributed by atoms with Crippen molar-refractivity contribution < 1.29 is 22.3 Å². The van der Waals surface area contributed by atoms with E-state index in [-0.39, 0.29) is 24.3 Å². The van der Waals surface area contributed by atoms with Gasteiger partial charge in [0, 0.05) is 44.3 Å². The number of piperazine rings is 1. The predicted octanol–water partition coefficient (Wildman–Crippen LogP) is 3.47. The van der Waals surface area contributed by atoms with Gasteiger partial charge in [-0.2, -0.15) is 23.1 Å². The van der Waals surface area contributed by atoms with Gasteiger partial charge in [0.25, 0.3) is 0 Å². The minimum Gasteiger partial charge on any atom is -0.462 e. The molecule has 3 aliphatic rings. The van der Waals surface area contributed by atoms with E-state index in [0.717, 1.165) is 63.0 Å². The van der Waals surface area contributed by atoms with E-state index in [2.05, 4.69) is 22.2 Å². The van der Waals surface area contributed by atoms with Gasteiger partial charge in [0.05, 0.1) is 17.9 Å². The number of hydrogen-bond acceptors (Lipinski definition) is 7. The molecule has 0 unspecified atom stereocenters. The van der Waals surface area contributed by atoms with Gasteiger partial charge in [-0.25, -0.2) is 4.39 Å². The molecule has 1 atom stereocenters. The monoisotopic (exact) mass is 508 g/mol. The van der Waals surface area contributed by atoms with Crippen LogP contribution in [0.15, 0.2) is 18.2 Å². The summed E-state index contributed by atoms with van der Waals surface area (Å²) in [5.41, 5.74) is 0.191. The molecule has 3 aliphatic heterocycles. The van der Waals surface area contributed by atoms with Crippen molar-refractivity contribution in [1.29, 1.82) is 0 Å². The summed E-state index contributed by atoms with van der Waals surface area (Å²) in [5.74, 6) is -0.466. The molecule has 1 aromatic carbocycles. The Bertz CT molecular complexity index is 1080. The van der Waals surface area contributed by atoms with Crippen LogP contribution in [0, 0.1) is 5.82 Å². The van der Waals surface area contributed by atoms with Gasteiger partial charge < -0.3 is 24.8 Å². The first-order chi connectivity index (χ1) is 17.3. The molecule has 4 heterocycles. The Morgan fingerprint density at radius 1 is 1.06 bits per heavy atom. The number of rotatable bonds is 5. The van der Waals surface area contributed by atoms with E-state index in [0.29, 0.717) is 31.7 Å². The second-order valence-electron chi connectivity index (χ2n) is 9.74. The molecule has 11 heteroatoms. The number of aromatic nitrogens is 2.